The monoisotopic (exact) mass is 454 g/mol. The number of carboxylic acid groups (broad SMARTS) is 1. The van der Waals surface area contributed by atoms with Crippen LogP contribution in [0.15, 0.2) is 24.3 Å². The molecule has 0 radical (unpaired) electrons. The van der Waals surface area contributed by atoms with E-state index in [2.05, 4.69) is 18.2 Å². The van der Waals surface area contributed by atoms with E-state index in [0.717, 1.165) is 79.2 Å². The second kappa shape index (κ2) is 8.78. The van der Waals surface area contributed by atoms with Crippen molar-refractivity contribution in [2.75, 3.05) is 34.1 Å². The highest BCUT2D eigenvalue weighted by molar-refractivity contribution is 5.66. The molecule has 33 heavy (non-hydrogen) atoms. The Morgan fingerprint density at radius 3 is 2.67 bits per heavy atom. The van der Waals surface area contributed by atoms with Crippen LogP contribution in [0.5, 0.6) is 23.0 Å². The quantitative estimate of drug-likeness (QED) is 0.475. The third kappa shape index (κ3) is 3.88. The van der Waals surface area contributed by atoms with Crippen LogP contribution in [0, 0.1) is 0 Å². The maximum Gasteiger partial charge on any atom is 0.303 e. The lowest BCUT2D eigenvalue weighted by Crippen LogP contribution is -2.56. The van der Waals surface area contributed by atoms with Crippen molar-refractivity contribution in [1.29, 1.82) is 0 Å². The molecule has 3 aliphatic rings. The molecule has 7 heteroatoms. The first-order valence-corrected chi connectivity index (χ1v) is 11.8. The number of carbonyl (C=O) groups is 1. The summed E-state index contributed by atoms with van der Waals surface area (Å²) < 4.78 is 23.7. The first kappa shape index (κ1) is 21.9. The van der Waals surface area contributed by atoms with Crippen molar-refractivity contribution in [2.45, 2.75) is 51.1 Å². The van der Waals surface area contributed by atoms with Gasteiger partial charge in [0, 0.05) is 24.8 Å². The fraction of sp³-hybridized carbons (Fsp3) is 0.500. The van der Waals surface area contributed by atoms with Crippen LogP contribution in [-0.2, 0) is 24.2 Å². The molecule has 2 aromatic carbocycles. The Kier molecular flexibility index (Phi) is 5.83. The van der Waals surface area contributed by atoms with Crippen LogP contribution < -0.4 is 18.9 Å². The Balaban J connectivity index is 1.51. The maximum absolute atomic E-state index is 10.9. The Bertz CT molecular complexity index is 1070. The number of nitrogens with zero attached hydrogens (tertiary/aromatic N) is 1. The van der Waals surface area contributed by atoms with Crippen molar-refractivity contribution in [3.05, 3.63) is 46.5 Å². The Hall–Kier alpha value is -2.93. The van der Waals surface area contributed by atoms with Gasteiger partial charge in [0.1, 0.15) is 12.6 Å². The van der Waals surface area contributed by atoms with Gasteiger partial charge in [-0.05, 0) is 48.6 Å². The topological polar surface area (TPSA) is 74.2 Å². The van der Waals surface area contributed by atoms with E-state index < -0.39 is 5.97 Å². The molecule has 1 N–H and O–H groups in total. The fourth-order valence-corrected chi connectivity index (χ4v) is 5.96. The van der Waals surface area contributed by atoms with Crippen LogP contribution in [-0.4, -0.2) is 49.7 Å². The fourth-order valence-electron chi connectivity index (χ4n) is 5.96. The number of benzene rings is 2. The Morgan fingerprint density at radius 1 is 1.09 bits per heavy atom. The van der Waals surface area contributed by atoms with Crippen LogP contribution >= 0.6 is 0 Å². The normalized spacial score (nSPS) is 22.2. The summed E-state index contributed by atoms with van der Waals surface area (Å²) in [4.78, 5) is 10.9. The molecule has 176 valence electrons. The van der Waals surface area contributed by atoms with E-state index in [-0.39, 0.29) is 13.2 Å². The Morgan fingerprint density at radius 2 is 1.91 bits per heavy atom. The molecule has 0 bridgehead atoms. The molecule has 0 amide bonds. The van der Waals surface area contributed by atoms with Gasteiger partial charge in [0.15, 0.2) is 23.0 Å². The number of rotatable bonds is 8. The SMILES string of the molecule is COc1ccc2c(c1OC)C[N+]1(CCCCCC(=O)O)CCc3cc4c(cc3C1C2)OCO4. The second-order valence-electron chi connectivity index (χ2n) is 9.34. The van der Waals surface area contributed by atoms with E-state index in [1.165, 1.54) is 22.3 Å². The number of fused-ring (bicyclic) bond motifs is 5. The largest absolute Gasteiger partial charge is 0.493 e. The molecular formula is C26H32NO6+. The number of unbranched alkanes of at least 4 members (excludes halogenated alkanes) is 2. The highest BCUT2D eigenvalue weighted by Gasteiger charge is 2.47. The van der Waals surface area contributed by atoms with Crippen molar-refractivity contribution < 1.29 is 33.3 Å². The lowest BCUT2D eigenvalue weighted by molar-refractivity contribution is -0.973. The van der Waals surface area contributed by atoms with Crippen molar-refractivity contribution in [1.82, 2.24) is 0 Å². The van der Waals surface area contributed by atoms with Gasteiger partial charge in [-0.25, -0.2) is 0 Å². The number of carboxylic acids is 1. The molecule has 0 aliphatic carbocycles. The van der Waals surface area contributed by atoms with Crippen molar-refractivity contribution in [3.8, 4) is 23.0 Å². The minimum atomic E-state index is -0.716. The predicted molar refractivity (Wildman–Crippen MR) is 122 cm³/mol. The average molecular weight is 455 g/mol. The summed E-state index contributed by atoms with van der Waals surface area (Å²) in [6.45, 7) is 3.22. The molecule has 2 aromatic rings. The number of quaternary nitrogens is 1. The number of methoxy groups -OCH3 is 2. The number of hydrogen-bond donors (Lipinski definition) is 1. The standard InChI is InChI=1S/C26H31NO6/c1-30-22-8-7-17-12-21-19-14-24-23(32-16-33-24)13-18(19)9-11-27(21,15-20(17)26(22)31-2)10-5-3-4-6-25(28)29/h7-8,13-14,21H,3-6,9-12,15-16H2,1-2H3/p+1. The predicted octanol–water partition coefficient (Wildman–Crippen LogP) is 4.25. The summed E-state index contributed by atoms with van der Waals surface area (Å²) in [6, 6.07) is 8.88. The summed E-state index contributed by atoms with van der Waals surface area (Å²) >= 11 is 0. The number of aliphatic carboxylic acids is 1. The van der Waals surface area contributed by atoms with E-state index in [1.54, 1.807) is 14.2 Å². The van der Waals surface area contributed by atoms with Crippen LogP contribution in [0.25, 0.3) is 0 Å². The van der Waals surface area contributed by atoms with E-state index in [0.29, 0.717) is 6.04 Å². The van der Waals surface area contributed by atoms with Crippen LogP contribution in [0.2, 0.25) is 0 Å². The molecule has 5 rings (SSSR count). The zero-order valence-electron chi connectivity index (χ0n) is 19.4. The highest BCUT2D eigenvalue weighted by Crippen LogP contribution is 2.50. The van der Waals surface area contributed by atoms with Gasteiger partial charge in [0.25, 0.3) is 0 Å². The molecule has 0 saturated heterocycles. The molecule has 0 fully saturated rings. The van der Waals surface area contributed by atoms with Gasteiger partial charge in [-0.3, -0.25) is 4.79 Å². The zero-order chi connectivity index (χ0) is 23.0. The summed E-state index contributed by atoms with van der Waals surface area (Å²) in [6.07, 6.45) is 4.81. The van der Waals surface area contributed by atoms with Crippen molar-refractivity contribution in [2.24, 2.45) is 0 Å². The van der Waals surface area contributed by atoms with Gasteiger partial charge < -0.3 is 28.5 Å². The molecule has 2 unspecified atom stereocenters. The average Bonchev–Trinajstić information content (AvgIpc) is 3.28. The summed E-state index contributed by atoms with van der Waals surface area (Å²) in [7, 11) is 3.40. The van der Waals surface area contributed by atoms with Gasteiger partial charge in [0.2, 0.25) is 6.79 Å². The molecule has 0 spiro atoms. The van der Waals surface area contributed by atoms with Gasteiger partial charge in [-0.15, -0.1) is 0 Å². The lowest BCUT2D eigenvalue weighted by atomic mass is 9.80. The third-order valence-corrected chi connectivity index (χ3v) is 7.61. The van der Waals surface area contributed by atoms with E-state index >= 15 is 0 Å². The van der Waals surface area contributed by atoms with Gasteiger partial charge in [-0.2, -0.15) is 0 Å². The highest BCUT2D eigenvalue weighted by atomic mass is 16.7. The van der Waals surface area contributed by atoms with Crippen molar-refractivity contribution in [3.63, 3.8) is 0 Å². The third-order valence-electron chi connectivity index (χ3n) is 7.61. The number of hydrogen-bond acceptors (Lipinski definition) is 5. The molecule has 3 heterocycles. The van der Waals surface area contributed by atoms with Crippen LogP contribution in [0.4, 0.5) is 0 Å². The van der Waals surface area contributed by atoms with Crippen molar-refractivity contribution >= 4 is 5.97 Å². The molecule has 3 aliphatic heterocycles. The minimum Gasteiger partial charge on any atom is -0.493 e. The van der Waals surface area contributed by atoms with Gasteiger partial charge in [0.05, 0.1) is 32.9 Å². The van der Waals surface area contributed by atoms with Gasteiger partial charge in [-0.1, -0.05) is 6.07 Å². The summed E-state index contributed by atoms with van der Waals surface area (Å²) in [5, 5.41) is 9.00. The van der Waals surface area contributed by atoms with Gasteiger partial charge >= 0.3 is 5.97 Å². The molecule has 0 aromatic heterocycles. The second-order valence-corrected chi connectivity index (χ2v) is 9.34. The first-order valence-electron chi connectivity index (χ1n) is 11.8. The summed E-state index contributed by atoms with van der Waals surface area (Å²) in [5.74, 6) is 2.59. The van der Waals surface area contributed by atoms with Crippen LogP contribution in [0.1, 0.15) is 54.0 Å². The molecular weight excluding hydrogens is 422 g/mol. The zero-order valence-corrected chi connectivity index (χ0v) is 19.4. The first-order chi connectivity index (χ1) is 16.0. The van der Waals surface area contributed by atoms with Crippen LogP contribution in [0.3, 0.4) is 0 Å². The smallest absolute Gasteiger partial charge is 0.303 e. The molecule has 7 nitrogen and oxygen atoms in total. The maximum atomic E-state index is 10.9. The van der Waals surface area contributed by atoms with E-state index in [1.807, 2.05) is 6.07 Å². The lowest BCUT2D eigenvalue weighted by Gasteiger charge is -2.51. The molecule has 2 atom stereocenters. The summed E-state index contributed by atoms with van der Waals surface area (Å²) in [5.41, 5.74) is 5.26. The number of ether oxygens (including phenoxy) is 4. The Labute approximate surface area is 194 Å². The minimum absolute atomic E-state index is 0.240. The molecule has 0 saturated carbocycles. The van der Waals surface area contributed by atoms with E-state index in [4.69, 9.17) is 24.1 Å². The van der Waals surface area contributed by atoms with E-state index in [9.17, 15) is 4.79 Å².